The summed E-state index contributed by atoms with van der Waals surface area (Å²) in [5.41, 5.74) is 1.27. The van der Waals surface area contributed by atoms with Crippen molar-refractivity contribution in [3.8, 4) is 0 Å². The SMILES string of the molecule is CCN(C(=O)c1cc(N2CCN(c3ccccn3)CC2)ncn1)c1ccccc1. The molecule has 0 aliphatic carbocycles. The first-order chi connectivity index (χ1) is 14.3. The summed E-state index contributed by atoms with van der Waals surface area (Å²) in [4.78, 5) is 32.3. The van der Waals surface area contributed by atoms with E-state index in [9.17, 15) is 4.79 Å². The van der Waals surface area contributed by atoms with Crippen LogP contribution in [-0.4, -0.2) is 53.6 Å². The highest BCUT2D eigenvalue weighted by atomic mass is 16.2. The number of nitrogens with zero attached hydrogens (tertiary/aromatic N) is 6. The molecule has 1 fully saturated rings. The molecule has 7 heteroatoms. The maximum absolute atomic E-state index is 13.0. The summed E-state index contributed by atoms with van der Waals surface area (Å²) in [5.74, 6) is 1.66. The quantitative estimate of drug-likeness (QED) is 0.670. The number of hydrogen-bond donors (Lipinski definition) is 0. The number of anilines is 3. The average molecular weight is 388 g/mol. The van der Waals surface area contributed by atoms with Gasteiger partial charge < -0.3 is 14.7 Å². The first-order valence-electron chi connectivity index (χ1n) is 9.86. The van der Waals surface area contributed by atoms with Crippen LogP contribution in [0.4, 0.5) is 17.3 Å². The molecular weight excluding hydrogens is 364 g/mol. The maximum atomic E-state index is 13.0. The Morgan fingerprint density at radius 2 is 1.59 bits per heavy atom. The van der Waals surface area contributed by atoms with Crippen molar-refractivity contribution < 1.29 is 4.79 Å². The third kappa shape index (κ3) is 4.18. The van der Waals surface area contributed by atoms with Crippen molar-refractivity contribution in [1.82, 2.24) is 15.0 Å². The van der Waals surface area contributed by atoms with E-state index in [1.54, 1.807) is 11.0 Å². The second-order valence-corrected chi connectivity index (χ2v) is 6.81. The van der Waals surface area contributed by atoms with Crippen LogP contribution in [0.2, 0.25) is 0 Å². The zero-order valence-corrected chi connectivity index (χ0v) is 16.5. The summed E-state index contributed by atoms with van der Waals surface area (Å²) in [6, 6.07) is 17.4. The van der Waals surface area contributed by atoms with E-state index in [-0.39, 0.29) is 5.91 Å². The smallest absolute Gasteiger partial charge is 0.277 e. The highest BCUT2D eigenvalue weighted by Crippen LogP contribution is 2.20. The van der Waals surface area contributed by atoms with Crippen molar-refractivity contribution >= 4 is 23.2 Å². The standard InChI is InChI=1S/C22H24N6O/c1-2-28(18-8-4-3-5-9-18)22(29)19-16-21(25-17-24-19)27-14-12-26(13-15-27)20-10-6-7-11-23-20/h3-11,16-17H,2,12-15H2,1H3. The van der Waals surface area contributed by atoms with Crippen LogP contribution in [0.5, 0.6) is 0 Å². The van der Waals surface area contributed by atoms with Gasteiger partial charge in [0.15, 0.2) is 0 Å². The van der Waals surface area contributed by atoms with E-state index in [4.69, 9.17) is 0 Å². The van der Waals surface area contributed by atoms with Gasteiger partial charge in [0.2, 0.25) is 0 Å². The molecule has 7 nitrogen and oxygen atoms in total. The summed E-state index contributed by atoms with van der Waals surface area (Å²) >= 11 is 0. The Morgan fingerprint density at radius 3 is 2.24 bits per heavy atom. The van der Waals surface area contributed by atoms with Crippen molar-refractivity contribution in [3.05, 3.63) is 72.8 Å². The average Bonchev–Trinajstić information content (AvgIpc) is 2.81. The maximum Gasteiger partial charge on any atom is 0.277 e. The lowest BCUT2D eigenvalue weighted by Crippen LogP contribution is -2.47. The van der Waals surface area contributed by atoms with Gasteiger partial charge >= 0.3 is 0 Å². The number of para-hydroxylation sites is 1. The second kappa shape index (κ2) is 8.68. The highest BCUT2D eigenvalue weighted by molar-refractivity contribution is 6.05. The van der Waals surface area contributed by atoms with E-state index in [0.29, 0.717) is 12.2 Å². The van der Waals surface area contributed by atoms with E-state index >= 15 is 0 Å². The molecule has 0 radical (unpaired) electrons. The molecule has 0 N–H and O–H groups in total. The summed E-state index contributed by atoms with van der Waals surface area (Å²) in [7, 11) is 0. The fourth-order valence-electron chi connectivity index (χ4n) is 3.53. The second-order valence-electron chi connectivity index (χ2n) is 6.81. The number of pyridine rings is 1. The monoisotopic (exact) mass is 388 g/mol. The highest BCUT2D eigenvalue weighted by Gasteiger charge is 2.22. The van der Waals surface area contributed by atoms with Crippen LogP contribution in [-0.2, 0) is 0 Å². The number of hydrogen-bond acceptors (Lipinski definition) is 6. The zero-order valence-electron chi connectivity index (χ0n) is 16.5. The molecule has 1 aliphatic rings. The summed E-state index contributed by atoms with van der Waals surface area (Å²) in [6.45, 7) is 5.88. The molecule has 148 valence electrons. The van der Waals surface area contributed by atoms with Crippen LogP contribution in [0.25, 0.3) is 0 Å². The van der Waals surface area contributed by atoms with Gasteiger partial charge in [0.1, 0.15) is 23.7 Å². The van der Waals surface area contributed by atoms with Gasteiger partial charge in [0, 0.05) is 50.7 Å². The van der Waals surface area contributed by atoms with Gasteiger partial charge in [-0.25, -0.2) is 15.0 Å². The predicted octanol–water partition coefficient (Wildman–Crippen LogP) is 2.86. The van der Waals surface area contributed by atoms with E-state index in [2.05, 4.69) is 24.8 Å². The van der Waals surface area contributed by atoms with Crippen LogP contribution in [0.1, 0.15) is 17.4 Å². The van der Waals surface area contributed by atoms with Gasteiger partial charge in [0.25, 0.3) is 5.91 Å². The van der Waals surface area contributed by atoms with E-state index in [0.717, 1.165) is 43.5 Å². The summed E-state index contributed by atoms with van der Waals surface area (Å²) in [5, 5.41) is 0. The molecule has 1 saturated heterocycles. The number of aromatic nitrogens is 3. The number of carbonyl (C=O) groups is 1. The topological polar surface area (TPSA) is 65.5 Å². The minimum atomic E-state index is -0.116. The molecule has 2 aromatic heterocycles. The molecule has 4 rings (SSSR count). The number of rotatable bonds is 5. The third-order valence-electron chi connectivity index (χ3n) is 5.08. The fourth-order valence-corrected chi connectivity index (χ4v) is 3.53. The molecule has 29 heavy (non-hydrogen) atoms. The molecule has 1 aliphatic heterocycles. The molecular formula is C22H24N6O. The number of benzene rings is 1. The van der Waals surface area contributed by atoms with Gasteiger partial charge in [-0.1, -0.05) is 24.3 Å². The Labute approximate surface area is 170 Å². The summed E-state index contributed by atoms with van der Waals surface area (Å²) in [6.07, 6.45) is 3.29. The van der Waals surface area contributed by atoms with E-state index in [1.807, 2.05) is 61.7 Å². The van der Waals surface area contributed by atoms with Crippen molar-refractivity contribution in [1.29, 1.82) is 0 Å². The molecule has 0 bridgehead atoms. The van der Waals surface area contributed by atoms with Gasteiger partial charge in [0.05, 0.1) is 0 Å². The van der Waals surface area contributed by atoms with Crippen LogP contribution >= 0.6 is 0 Å². The van der Waals surface area contributed by atoms with E-state index < -0.39 is 0 Å². The van der Waals surface area contributed by atoms with Crippen molar-refractivity contribution in [3.63, 3.8) is 0 Å². The van der Waals surface area contributed by atoms with Crippen molar-refractivity contribution in [2.24, 2.45) is 0 Å². The predicted molar refractivity (Wildman–Crippen MR) is 114 cm³/mol. The Bertz CT molecular complexity index is 942. The minimum absolute atomic E-state index is 0.116. The molecule has 0 atom stereocenters. The van der Waals surface area contributed by atoms with Crippen LogP contribution in [0.15, 0.2) is 67.1 Å². The largest absolute Gasteiger partial charge is 0.353 e. The van der Waals surface area contributed by atoms with Gasteiger partial charge in [-0.3, -0.25) is 4.79 Å². The zero-order chi connectivity index (χ0) is 20.1. The third-order valence-corrected chi connectivity index (χ3v) is 5.08. The Hall–Kier alpha value is -3.48. The molecule has 0 unspecified atom stereocenters. The fraction of sp³-hybridized carbons (Fsp3) is 0.273. The molecule has 0 spiro atoms. The van der Waals surface area contributed by atoms with Crippen molar-refractivity contribution in [2.45, 2.75) is 6.92 Å². The first kappa shape index (κ1) is 18.9. The van der Waals surface area contributed by atoms with E-state index in [1.165, 1.54) is 6.33 Å². The van der Waals surface area contributed by atoms with Crippen molar-refractivity contribution in [2.75, 3.05) is 47.4 Å². The van der Waals surface area contributed by atoms with Crippen LogP contribution in [0.3, 0.4) is 0 Å². The molecule has 3 aromatic rings. The normalized spacial score (nSPS) is 14.0. The molecule has 1 amide bonds. The Balaban J connectivity index is 1.47. The lowest BCUT2D eigenvalue weighted by molar-refractivity contribution is 0.0983. The number of carbonyl (C=O) groups excluding carboxylic acids is 1. The van der Waals surface area contributed by atoms with Gasteiger partial charge in [-0.05, 0) is 31.2 Å². The number of piperazine rings is 1. The lowest BCUT2D eigenvalue weighted by atomic mass is 10.2. The lowest BCUT2D eigenvalue weighted by Gasteiger charge is -2.36. The Morgan fingerprint density at radius 1 is 0.897 bits per heavy atom. The molecule has 1 aromatic carbocycles. The first-order valence-corrected chi connectivity index (χ1v) is 9.86. The molecule has 0 saturated carbocycles. The van der Waals surface area contributed by atoms with Gasteiger partial charge in [-0.15, -0.1) is 0 Å². The molecule has 3 heterocycles. The summed E-state index contributed by atoms with van der Waals surface area (Å²) < 4.78 is 0. The Kier molecular flexibility index (Phi) is 5.65. The minimum Gasteiger partial charge on any atom is -0.353 e. The van der Waals surface area contributed by atoms with Crippen LogP contribution in [0, 0.1) is 0 Å². The van der Waals surface area contributed by atoms with Crippen LogP contribution < -0.4 is 14.7 Å². The van der Waals surface area contributed by atoms with Gasteiger partial charge in [-0.2, -0.15) is 0 Å². The number of amides is 1.